The molecule has 2 rings (SSSR count). The van der Waals surface area contributed by atoms with E-state index in [2.05, 4.69) is 0 Å². The molecule has 2 aliphatic carbocycles. The van der Waals surface area contributed by atoms with E-state index < -0.39 is 9.76 Å². The van der Waals surface area contributed by atoms with Gasteiger partial charge in [0, 0.05) is 0 Å². The Bertz CT molecular complexity index is 230. The molecule has 2 aliphatic rings. The third-order valence-electron chi connectivity index (χ3n) is 6.46. The first kappa shape index (κ1) is 18.5. The van der Waals surface area contributed by atoms with Crippen molar-refractivity contribution in [3.63, 3.8) is 0 Å². The van der Waals surface area contributed by atoms with E-state index in [9.17, 15) is 4.80 Å². The van der Waals surface area contributed by atoms with Gasteiger partial charge in [-0.05, 0) is 23.8 Å². The highest BCUT2D eigenvalue weighted by Crippen LogP contribution is 2.40. The fourth-order valence-corrected chi connectivity index (χ4v) is 5.69. The number of rotatable bonds is 6. The molecule has 2 fully saturated rings. The van der Waals surface area contributed by atoms with Gasteiger partial charge in [0.05, 0.1) is 0 Å². The van der Waals surface area contributed by atoms with Crippen molar-refractivity contribution < 1.29 is 4.80 Å². The van der Waals surface area contributed by atoms with E-state index in [0.717, 1.165) is 23.8 Å². The Labute approximate surface area is 141 Å². The average molecular weight is 325 g/mol. The molecule has 0 saturated heterocycles. The minimum atomic E-state index is -0.711. The lowest BCUT2D eigenvalue weighted by Gasteiger charge is -2.36. The summed E-state index contributed by atoms with van der Waals surface area (Å²) in [6.45, 7) is 0. The Morgan fingerprint density at radius 2 is 1.09 bits per heavy atom. The first-order chi connectivity index (χ1) is 10.9. The first-order valence-electron chi connectivity index (χ1n) is 10.5. The average Bonchev–Trinajstić information content (AvgIpc) is 2.45. The van der Waals surface area contributed by atoms with Gasteiger partial charge < -0.3 is 4.80 Å². The molecule has 0 atom stereocenters. The molecule has 0 spiro atoms. The molecule has 0 aromatic carbocycles. The zero-order valence-electron chi connectivity index (χ0n) is 14.9. The van der Waals surface area contributed by atoms with Gasteiger partial charge in [-0.1, -0.05) is 103 Å². The van der Waals surface area contributed by atoms with Crippen LogP contribution in [0.4, 0.5) is 0 Å². The molecule has 130 valence electrons. The molecule has 0 radical (unpaired) electrons. The lowest BCUT2D eigenvalue weighted by atomic mass is 9.70. The van der Waals surface area contributed by atoms with Crippen molar-refractivity contribution in [2.45, 2.75) is 109 Å². The van der Waals surface area contributed by atoms with Crippen LogP contribution in [0.2, 0.25) is 6.04 Å². The molecule has 0 aromatic heterocycles. The van der Waals surface area contributed by atoms with E-state index in [-0.39, 0.29) is 0 Å². The molecule has 0 aromatic rings. The van der Waals surface area contributed by atoms with Crippen LogP contribution in [0.25, 0.3) is 0 Å². The highest BCUT2D eigenvalue weighted by molar-refractivity contribution is 6.25. The van der Waals surface area contributed by atoms with Crippen LogP contribution in [0.1, 0.15) is 103 Å². The third kappa shape index (κ3) is 6.74. The van der Waals surface area contributed by atoms with E-state index in [1.807, 2.05) is 0 Å². The molecule has 0 amide bonds. The topological polar surface area (TPSA) is 20.2 Å². The molecule has 0 heterocycles. The Morgan fingerprint density at radius 3 is 1.50 bits per heavy atom. The highest BCUT2D eigenvalue weighted by Gasteiger charge is 2.29. The number of hydrogen-bond donors (Lipinski definition) is 1. The molecular weight excluding hydrogens is 284 g/mol. The van der Waals surface area contributed by atoms with Crippen LogP contribution in [0.5, 0.6) is 0 Å². The maximum atomic E-state index is 9.30. The Hall–Kier alpha value is 0.177. The van der Waals surface area contributed by atoms with Gasteiger partial charge in [0.2, 0.25) is 0 Å². The lowest BCUT2D eigenvalue weighted by molar-refractivity contribution is 0.150. The second kappa shape index (κ2) is 11.7. The van der Waals surface area contributed by atoms with Crippen molar-refractivity contribution in [2.75, 3.05) is 0 Å². The molecular formula is C20H40OSi. The van der Waals surface area contributed by atoms with Crippen molar-refractivity contribution in [3.05, 3.63) is 0 Å². The molecule has 1 nitrogen and oxygen atoms in total. The lowest BCUT2D eigenvalue weighted by Crippen LogP contribution is -2.25. The summed E-state index contributed by atoms with van der Waals surface area (Å²) >= 11 is 0. The summed E-state index contributed by atoms with van der Waals surface area (Å²) in [5, 5.41) is 0. The standard InChI is InChI=1S/C20H40OSi/c21-22-17-11-16-20(18-12-7-3-1-4-8-13-18)19-14-9-5-2-6-10-15-19/h18-21H,1-17,22H2. The summed E-state index contributed by atoms with van der Waals surface area (Å²) in [4.78, 5) is 9.30. The third-order valence-corrected chi connectivity index (χ3v) is 7.27. The van der Waals surface area contributed by atoms with E-state index in [1.165, 1.54) is 103 Å². The van der Waals surface area contributed by atoms with Gasteiger partial charge in [-0.2, -0.15) is 0 Å². The number of hydrogen-bond acceptors (Lipinski definition) is 1. The van der Waals surface area contributed by atoms with E-state index in [0.29, 0.717) is 0 Å². The van der Waals surface area contributed by atoms with Crippen LogP contribution < -0.4 is 0 Å². The summed E-state index contributed by atoms with van der Waals surface area (Å²) in [6.07, 6.45) is 23.7. The monoisotopic (exact) mass is 324 g/mol. The second-order valence-electron chi connectivity index (χ2n) is 8.09. The Morgan fingerprint density at radius 1 is 0.682 bits per heavy atom. The summed E-state index contributed by atoms with van der Waals surface area (Å²) < 4.78 is 0. The summed E-state index contributed by atoms with van der Waals surface area (Å²) in [6, 6.07) is 1.16. The molecule has 22 heavy (non-hydrogen) atoms. The normalized spacial score (nSPS) is 24.3. The van der Waals surface area contributed by atoms with Gasteiger partial charge in [-0.3, -0.25) is 0 Å². The molecule has 1 N–H and O–H groups in total. The van der Waals surface area contributed by atoms with Gasteiger partial charge in [0.15, 0.2) is 9.76 Å². The van der Waals surface area contributed by atoms with Crippen LogP contribution in [-0.2, 0) is 0 Å². The zero-order valence-corrected chi connectivity index (χ0v) is 16.3. The highest BCUT2D eigenvalue weighted by atomic mass is 28.2. The largest absolute Gasteiger partial charge is 0.438 e. The molecule has 0 unspecified atom stereocenters. The van der Waals surface area contributed by atoms with Gasteiger partial charge in [-0.25, -0.2) is 0 Å². The molecule has 2 saturated carbocycles. The maximum Gasteiger partial charge on any atom is 0.156 e. The van der Waals surface area contributed by atoms with Crippen LogP contribution in [-0.4, -0.2) is 14.6 Å². The van der Waals surface area contributed by atoms with Crippen LogP contribution in [0, 0.1) is 17.8 Å². The van der Waals surface area contributed by atoms with Crippen LogP contribution in [0.3, 0.4) is 0 Å². The fourth-order valence-electron chi connectivity index (χ4n) is 5.18. The van der Waals surface area contributed by atoms with Crippen molar-refractivity contribution in [2.24, 2.45) is 17.8 Å². The van der Waals surface area contributed by atoms with Gasteiger partial charge >= 0.3 is 0 Å². The summed E-state index contributed by atoms with van der Waals surface area (Å²) in [7, 11) is -0.711. The molecule has 2 heteroatoms. The predicted octanol–water partition coefficient (Wildman–Crippen LogP) is 5.60. The van der Waals surface area contributed by atoms with E-state index >= 15 is 0 Å². The van der Waals surface area contributed by atoms with Crippen LogP contribution >= 0.6 is 0 Å². The van der Waals surface area contributed by atoms with Crippen molar-refractivity contribution in [3.8, 4) is 0 Å². The SMILES string of the molecule is O[SiH2]CCCC(C1CCCCCCC1)C1CCCCCCC1. The van der Waals surface area contributed by atoms with Gasteiger partial charge in [0.25, 0.3) is 0 Å². The fraction of sp³-hybridized carbons (Fsp3) is 1.00. The smallest absolute Gasteiger partial charge is 0.156 e. The van der Waals surface area contributed by atoms with E-state index in [4.69, 9.17) is 0 Å². The second-order valence-corrected chi connectivity index (χ2v) is 9.25. The van der Waals surface area contributed by atoms with Crippen LogP contribution in [0.15, 0.2) is 0 Å². The summed E-state index contributed by atoms with van der Waals surface area (Å²) in [5.41, 5.74) is 0. The minimum absolute atomic E-state index is 0.711. The Balaban J connectivity index is 1.95. The van der Waals surface area contributed by atoms with Crippen molar-refractivity contribution in [1.82, 2.24) is 0 Å². The Kier molecular flexibility index (Phi) is 9.82. The first-order valence-corrected chi connectivity index (χ1v) is 12.2. The van der Waals surface area contributed by atoms with E-state index in [1.54, 1.807) is 0 Å². The maximum absolute atomic E-state index is 9.30. The molecule has 0 bridgehead atoms. The zero-order chi connectivity index (χ0) is 15.5. The minimum Gasteiger partial charge on any atom is -0.438 e. The van der Waals surface area contributed by atoms with Gasteiger partial charge in [0.1, 0.15) is 0 Å². The van der Waals surface area contributed by atoms with Crippen molar-refractivity contribution >= 4 is 9.76 Å². The quantitative estimate of drug-likeness (QED) is 0.498. The van der Waals surface area contributed by atoms with Gasteiger partial charge in [-0.15, -0.1) is 0 Å². The predicted molar refractivity (Wildman–Crippen MR) is 99.9 cm³/mol. The van der Waals surface area contributed by atoms with Crippen molar-refractivity contribution in [1.29, 1.82) is 0 Å². The molecule has 0 aliphatic heterocycles. The summed E-state index contributed by atoms with van der Waals surface area (Å²) in [5.74, 6) is 3.03.